The minimum Gasteiger partial charge on any atom is -0.290 e. The molecule has 0 amide bonds. The molecule has 0 atom stereocenters. The molecule has 0 radical (unpaired) electrons. The van der Waals surface area contributed by atoms with Crippen LogP contribution in [0.1, 0.15) is 45.4 Å². The number of nitrogens with one attached hydrogen (secondary N) is 3. The maximum atomic E-state index is 11.3. The van der Waals surface area contributed by atoms with Crippen LogP contribution in [0.15, 0.2) is 16.1 Å². The van der Waals surface area contributed by atoms with E-state index in [1.807, 2.05) is 6.21 Å². The fourth-order valence-corrected chi connectivity index (χ4v) is 1.95. The summed E-state index contributed by atoms with van der Waals surface area (Å²) in [7, 11) is 0. The number of hydrazone groups is 1. The highest BCUT2D eigenvalue weighted by Gasteiger charge is 2.05. The van der Waals surface area contributed by atoms with Gasteiger partial charge in [0, 0.05) is 6.21 Å². The topological polar surface area (TPSA) is 98.8 Å². The van der Waals surface area contributed by atoms with Crippen LogP contribution in [0.25, 0.3) is 11.0 Å². The number of aromatic amines is 2. The van der Waals surface area contributed by atoms with E-state index >= 15 is 0 Å². The number of anilines is 1. The van der Waals surface area contributed by atoms with Gasteiger partial charge < -0.3 is 0 Å². The zero-order valence-corrected chi connectivity index (χ0v) is 11.6. The Labute approximate surface area is 116 Å². The summed E-state index contributed by atoms with van der Waals surface area (Å²) in [5.41, 5.74) is 2.91. The highest BCUT2D eigenvalue weighted by atomic mass is 16.1. The molecule has 20 heavy (non-hydrogen) atoms. The van der Waals surface area contributed by atoms with Crippen LogP contribution in [0.4, 0.5) is 5.82 Å². The van der Waals surface area contributed by atoms with Crippen LogP contribution >= 0.6 is 0 Å². The van der Waals surface area contributed by atoms with Gasteiger partial charge >= 0.3 is 5.69 Å². The minimum absolute atomic E-state index is 0.416. The van der Waals surface area contributed by atoms with Crippen molar-refractivity contribution in [3.05, 3.63) is 16.7 Å². The molecule has 0 spiro atoms. The molecule has 0 saturated heterocycles. The molecule has 7 heteroatoms. The van der Waals surface area contributed by atoms with Gasteiger partial charge in [-0.05, 0) is 12.8 Å². The second-order valence-electron chi connectivity index (χ2n) is 4.68. The Kier molecular flexibility index (Phi) is 5.28. The molecule has 2 heterocycles. The van der Waals surface area contributed by atoms with Crippen molar-refractivity contribution in [2.24, 2.45) is 5.10 Å². The molecular formula is C13H20N6O. The first-order valence-corrected chi connectivity index (χ1v) is 7.02. The molecule has 0 aromatic carbocycles. The van der Waals surface area contributed by atoms with E-state index in [1.165, 1.54) is 25.7 Å². The number of H-pyrrole nitrogens is 2. The second-order valence-corrected chi connectivity index (χ2v) is 4.68. The molecule has 0 saturated carbocycles. The molecule has 0 unspecified atom stereocenters. The molecule has 2 aromatic rings. The maximum absolute atomic E-state index is 11.3. The van der Waals surface area contributed by atoms with Crippen LogP contribution in [0, 0.1) is 0 Å². The number of nitrogens with zero attached hydrogens (tertiary/aromatic N) is 3. The molecule has 2 aromatic heterocycles. The lowest BCUT2D eigenvalue weighted by Crippen LogP contribution is -2.12. The molecule has 3 N–H and O–H groups in total. The monoisotopic (exact) mass is 276 g/mol. The van der Waals surface area contributed by atoms with E-state index in [9.17, 15) is 4.79 Å². The van der Waals surface area contributed by atoms with E-state index in [-0.39, 0.29) is 0 Å². The largest absolute Gasteiger partial charge is 0.348 e. The van der Waals surface area contributed by atoms with E-state index < -0.39 is 5.69 Å². The van der Waals surface area contributed by atoms with Gasteiger partial charge in [-0.3, -0.25) is 15.5 Å². The molecular weight excluding hydrogens is 256 g/mol. The third-order valence-electron chi connectivity index (χ3n) is 3.04. The fourth-order valence-electron chi connectivity index (χ4n) is 1.95. The van der Waals surface area contributed by atoms with E-state index in [0.717, 1.165) is 12.8 Å². The summed E-state index contributed by atoms with van der Waals surface area (Å²) in [6, 6.07) is 0. The second kappa shape index (κ2) is 7.42. The Morgan fingerprint density at radius 3 is 3.05 bits per heavy atom. The van der Waals surface area contributed by atoms with E-state index in [0.29, 0.717) is 16.9 Å². The van der Waals surface area contributed by atoms with Crippen LogP contribution in [-0.4, -0.2) is 26.4 Å². The van der Waals surface area contributed by atoms with Crippen LogP contribution in [0.2, 0.25) is 0 Å². The molecule has 2 rings (SSSR count). The molecule has 7 nitrogen and oxygen atoms in total. The van der Waals surface area contributed by atoms with Gasteiger partial charge in [0.25, 0.3) is 0 Å². The summed E-state index contributed by atoms with van der Waals surface area (Å²) in [6.45, 7) is 2.20. The summed E-state index contributed by atoms with van der Waals surface area (Å²) < 4.78 is 0. The molecule has 0 aliphatic carbocycles. The van der Waals surface area contributed by atoms with Gasteiger partial charge in [0.2, 0.25) is 0 Å². The van der Waals surface area contributed by atoms with Gasteiger partial charge in [-0.15, -0.1) is 0 Å². The van der Waals surface area contributed by atoms with Crippen molar-refractivity contribution in [3.8, 4) is 0 Å². The summed E-state index contributed by atoms with van der Waals surface area (Å²) in [5.74, 6) is 0.416. The van der Waals surface area contributed by atoms with Crippen molar-refractivity contribution < 1.29 is 0 Å². The van der Waals surface area contributed by atoms with Crippen molar-refractivity contribution in [2.45, 2.75) is 45.4 Å². The van der Waals surface area contributed by atoms with Crippen LogP contribution in [0.3, 0.4) is 0 Å². The summed E-state index contributed by atoms with van der Waals surface area (Å²) >= 11 is 0. The van der Waals surface area contributed by atoms with Crippen molar-refractivity contribution in [2.75, 3.05) is 5.43 Å². The standard InChI is InChI=1S/C13H20N6O/c1-2-3-4-5-6-7-8-14-18-11-10-9-15-19-12(10)17-13(20)16-11/h8-9H,2-7H2,1H3,(H3,15,16,17,18,19,20). The zero-order chi connectivity index (χ0) is 14.2. The number of rotatable bonds is 8. The normalized spacial score (nSPS) is 11.4. The molecule has 0 aliphatic rings. The average molecular weight is 276 g/mol. The van der Waals surface area contributed by atoms with E-state index in [1.54, 1.807) is 6.20 Å². The molecule has 0 aliphatic heterocycles. The summed E-state index contributed by atoms with van der Waals surface area (Å²) in [4.78, 5) is 17.7. The SMILES string of the molecule is CCCCCCCC=NNc1nc(=O)[nH]c2[nH]ncc12. The number of hydrogen-bond acceptors (Lipinski definition) is 5. The Morgan fingerprint density at radius 2 is 2.20 bits per heavy atom. The lowest BCUT2D eigenvalue weighted by molar-refractivity contribution is 0.645. The zero-order valence-electron chi connectivity index (χ0n) is 11.6. The Bertz CT molecular complexity index is 615. The van der Waals surface area contributed by atoms with Gasteiger partial charge in [0.05, 0.1) is 11.6 Å². The van der Waals surface area contributed by atoms with Crippen molar-refractivity contribution in [3.63, 3.8) is 0 Å². The highest BCUT2D eigenvalue weighted by Crippen LogP contribution is 2.14. The van der Waals surface area contributed by atoms with Crippen molar-refractivity contribution in [1.29, 1.82) is 0 Å². The van der Waals surface area contributed by atoms with E-state index in [2.05, 4.69) is 37.6 Å². The fraction of sp³-hybridized carbons (Fsp3) is 0.538. The quantitative estimate of drug-likeness (QED) is 0.391. The molecule has 0 bridgehead atoms. The minimum atomic E-state index is -0.431. The van der Waals surface area contributed by atoms with Gasteiger partial charge in [0.1, 0.15) is 5.65 Å². The van der Waals surface area contributed by atoms with Crippen molar-refractivity contribution >= 4 is 23.1 Å². The lowest BCUT2D eigenvalue weighted by atomic mass is 10.1. The van der Waals surface area contributed by atoms with Crippen molar-refractivity contribution in [1.82, 2.24) is 20.2 Å². The number of fused-ring (bicyclic) bond motifs is 1. The third kappa shape index (κ3) is 3.91. The number of aromatic nitrogens is 4. The lowest BCUT2D eigenvalue weighted by Gasteiger charge is -1.99. The van der Waals surface area contributed by atoms with Crippen LogP contribution in [-0.2, 0) is 0 Å². The van der Waals surface area contributed by atoms with Gasteiger partial charge in [0.15, 0.2) is 5.82 Å². The number of hydrogen-bond donors (Lipinski definition) is 3. The van der Waals surface area contributed by atoms with Gasteiger partial charge in [-0.2, -0.15) is 15.2 Å². The van der Waals surface area contributed by atoms with Gasteiger partial charge in [-0.1, -0.05) is 32.6 Å². The smallest absolute Gasteiger partial charge is 0.290 e. The summed E-state index contributed by atoms with van der Waals surface area (Å²) in [6.07, 6.45) is 10.5. The maximum Gasteiger partial charge on any atom is 0.348 e. The Morgan fingerprint density at radius 1 is 1.35 bits per heavy atom. The Hall–Kier alpha value is -2.18. The summed E-state index contributed by atoms with van der Waals surface area (Å²) in [5, 5.41) is 11.4. The third-order valence-corrected chi connectivity index (χ3v) is 3.04. The average Bonchev–Trinajstić information content (AvgIpc) is 2.89. The first kappa shape index (κ1) is 14.2. The highest BCUT2D eigenvalue weighted by molar-refractivity contribution is 5.85. The Balaban J connectivity index is 1.83. The first-order valence-electron chi connectivity index (χ1n) is 7.02. The van der Waals surface area contributed by atoms with Crippen LogP contribution < -0.4 is 11.1 Å². The predicted octanol–water partition coefficient (Wildman–Crippen LogP) is 2.40. The van der Waals surface area contributed by atoms with E-state index in [4.69, 9.17) is 0 Å². The molecule has 108 valence electrons. The van der Waals surface area contributed by atoms with Crippen LogP contribution in [0.5, 0.6) is 0 Å². The molecule has 0 fully saturated rings. The number of unbranched alkanes of at least 4 members (excludes halogenated alkanes) is 5. The van der Waals surface area contributed by atoms with Gasteiger partial charge in [-0.25, -0.2) is 4.79 Å². The first-order chi connectivity index (χ1) is 9.81. The predicted molar refractivity (Wildman–Crippen MR) is 80.0 cm³/mol.